The molecule has 0 saturated heterocycles. The Morgan fingerprint density at radius 1 is 0.963 bits per heavy atom. The number of hydrogen-bond donors (Lipinski definition) is 2. The zero-order valence-corrected chi connectivity index (χ0v) is 14.0. The van der Waals surface area contributed by atoms with Gasteiger partial charge in [0.2, 0.25) is 0 Å². The number of anilines is 2. The number of allylic oxidation sites excluding steroid dienone is 1. The Balaban J connectivity index is 2.10. The highest BCUT2D eigenvalue weighted by Crippen LogP contribution is 2.30. The molecule has 0 saturated carbocycles. The first-order valence-corrected chi connectivity index (χ1v) is 7.75. The topological polar surface area (TPSA) is 149 Å². The first-order valence-electron chi connectivity index (χ1n) is 7.75. The predicted molar refractivity (Wildman–Crippen MR) is 100 cm³/mol. The summed E-state index contributed by atoms with van der Waals surface area (Å²) in [5.74, 6) is 0.888. The minimum absolute atomic E-state index is 0.00617. The van der Waals surface area contributed by atoms with Gasteiger partial charge in [-0.25, -0.2) is 4.98 Å². The molecule has 2 heterocycles. The Hall–Kier alpha value is -4.54. The molecule has 3 rings (SSSR count). The predicted octanol–water partition coefficient (Wildman–Crippen LogP) is 3.31. The molecule has 0 unspecified atom stereocenters. The number of nitrogens with two attached hydrogens (primary N) is 2. The highest BCUT2D eigenvalue weighted by atomic mass is 16.3. The fourth-order valence-electron chi connectivity index (χ4n) is 2.53. The Kier molecular flexibility index (Phi) is 4.57. The van der Waals surface area contributed by atoms with Crippen LogP contribution in [0.4, 0.5) is 11.5 Å². The normalized spacial score (nSPS) is 10.6. The maximum absolute atomic E-state index is 9.54. The molecule has 0 aliphatic rings. The van der Waals surface area contributed by atoms with E-state index in [4.69, 9.17) is 21.1 Å². The second-order valence-electron chi connectivity index (χ2n) is 5.47. The van der Waals surface area contributed by atoms with Crippen LogP contribution < -0.4 is 11.5 Å². The summed E-state index contributed by atoms with van der Waals surface area (Å²) in [6.07, 6.45) is 1.44. The zero-order valence-electron chi connectivity index (χ0n) is 14.0. The van der Waals surface area contributed by atoms with E-state index in [0.717, 1.165) is 5.56 Å². The summed E-state index contributed by atoms with van der Waals surface area (Å²) < 4.78 is 5.75. The second kappa shape index (κ2) is 7.14. The molecule has 2 aromatic heterocycles. The van der Waals surface area contributed by atoms with E-state index in [1.54, 1.807) is 12.1 Å². The van der Waals surface area contributed by atoms with Gasteiger partial charge >= 0.3 is 0 Å². The van der Waals surface area contributed by atoms with E-state index in [9.17, 15) is 10.5 Å². The van der Waals surface area contributed by atoms with Crippen LogP contribution in [0.25, 0.3) is 23.0 Å². The van der Waals surface area contributed by atoms with E-state index < -0.39 is 0 Å². The molecule has 4 N–H and O–H groups in total. The van der Waals surface area contributed by atoms with Gasteiger partial charge in [-0.15, -0.1) is 0 Å². The Morgan fingerprint density at radius 3 is 2.30 bits per heavy atom. The first-order chi connectivity index (χ1) is 13.1. The summed E-state index contributed by atoms with van der Waals surface area (Å²) in [7, 11) is 0. The van der Waals surface area contributed by atoms with Crippen LogP contribution >= 0.6 is 0 Å². The molecule has 0 amide bonds. The third kappa shape index (κ3) is 3.19. The number of benzene rings is 1. The lowest BCUT2D eigenvalue weighted by Gasteiger charge is -2.08. The van der Waals surface area contributed by atoms with E-state index >= 15 is 0 Å². The average Bonchev–Trinajstić information content (AvgIpc) is 3.15. The van der Waals surface area contributed by atoms with Gasteiger partial charge in [-0.3, -0.25) is 0 Å². The molecule has 0 aliphatic heterocycles. The molecular formula is C20H12N6O. The number of hydrogen-bond acceptors (Lipinski definition) is 7. The van der Waals surface area contributed by atoms with Crippen molar-refractivity contribution in [2.75, 3.05) is 11.5 Å². The highest BCUT2D eigenvalue weighted by molar-refractivity contribution is 5.92. The fraction of sp³-hybridized carbons (Fsp3) is 0. The van der Waals surface area contributed by atoms with Gasteiger partial charge in [0.15, 0.2) is 0 Å². The highest BCUT2D eigenvalue weighted by Gasteiger charge is 2.19. The maximum atomic E-state index is 9.54. The molecule has 128 valence electrons. The molecule has 1 aromatic carbocycles. The number of nitrogens with zero attached hydrogens (tertiary/aromatic N) is 4. The van der Waals surface area contributed by atoms with E-state index in [0.29, 0.717) is 11.5 Å². The molecule has 7 heteroatoms. The molecule has 7 nitrogen and oxygen atoms in total. The van der Waals surface area contributed by atoms with Crippen molar-refractivity contribution in [1.82, 2.24) is 4.98 Å². The summed E-state index contributed by atoms with van der Waals surface area (Å²) in [5.41, 5.74) is 12.3. The number of nitriles is 3. The third-order valence-electron chi connectivity index (χ3n) is 3.83. The fourth-order valence-corrected chi connectivity index (χ4v) is 2.53. The lowest BCUT2D eigenvalue weighted by Crippen LogP contribution is -2.07. The van der Waals surface area contributed by atoms with Crippen LogP contribution in [0, 0.1) is 34.0 Å². The van der Waals surface area contributed by atoms with Gasteiger partial charge in [-0.2, -0.15) is 15.8 Å². The number of aromatic nitrogens is 1. The minimum atomic E-state index is -0.144. The number of nitrogen functional groups attached to an aromatic ring is 2. The van der Waals surface area contributed by atoms with Crippen LogP contribution in [0.15, 0.2) is 46.9 Å². The summed E-state index contributed by atoms with van der Waals surface area (Å²) in [6, 6.07) is 18.6. The van der Waals surface area contributed by atoms with Crippen molar-refractivity contribution in [2.45, 2.75) is 0 Å². The van der Waals surface area contributed by atoms with Gasteiger partial charge < -0.3 is 15.9 Å². The SMILES string of the molecule is N#CC(=Cc1ccc(-c2ccccc2)o1)c1nc(N)c(C#N)c(N)c1C#N. The van der Waals surface area contributed by atoms with Gasteiger partial charge in [-0.1, -0.05) is 30.3 Å². The second-order valence-corrected chi connectivity index (χ2v) is 5.47. The average molecular weight is 352 g/mol. The number of rotatable bonds is 3. The standard InChI is InChI=1S/C20H12N6O/c21-9-13(19-15(10-22)18(24)16(11-23)20(25)26-19)8-14-6-7-17(27-14)12-4-2-1-3-5-12/h1-8H,(H4,24,25,26). The number of furan rings is 1. The maximum Gasteiger partial charge on any atom is 0.144 e. The van der Waals surface area contributed by atoms with Crippen molar-refractivity contribution < 1.29 is 4.42 Å². The van der Waals surface area contributed by atoms with Gasteiger partial charge in [0.1, 0.15) is 52.4 Å². The number of pyridine rings is 1. The van der Waals surface area contributed by atoms with Crippen molar-refractivity contribution >= 4 is 23.2 Å². The molecule has 0 spiro atoms. The lowest BCUT2D eigenvalue weighted by atomic mass is 10.0. The molecule has 3 aromatic rings. The molecule has 0 fully saturated rings. The van der Waals surface area contributed by atoms with Crippen molar-refractivity contribution in [3.05, 3.63) is 65.0 Å². The van der Waals surface area contributed by atoms with Gasteiger partial charge in [0, 0.05) is 11.6 Å². The first kappa shape index (κ1) is 17.3. The van der Waals surface area contributed by atoms with Crippen molar-refractivity contribution in [3.8, 4) is 29.5 Å². The van der Waals surface area contributed by atoms with E-state index in [1.165, 1.54) is 6.08 Å². The van der Waals surface area contributed by atoms with Crippen molar-refractivity contribution in [2.24, 2.45) is 0 Å². The van der Waals surface area contributed by atoms with Crippen LogP contribution in [0.1, 0.15) is 22.6 Å². The van der Waals surface area contributed by atoms with Crippen LogP contribution in [0.2, 0.25) is 0 Å². The molecule has 27 heavy (non-hydrogen) atoms. The molecule has 0 aliphatic carbocycles. The van der Waals surface area contributed by atoms with E-state index in [-0.39, 0.29) is 33.9 Å². The van der Waals surface area contributed by atoms with Gasteiger partial charge in [-0.05, 0) is 12.1 Å². The van der Waals surface area contributed by atoms with Gasteiger partial charge in [0.25, 0.3) is 0 Å². The molecule has 0 atom stereocenters. The van der Waals surface area contributed by atoms with Crippen LogP contribution in [0.5, 0.6) is 0 Å². The summed E-state index contributed by atoms with van der Waals surface area (Å²) >= 11 is 0. The van der Waals surface area contributed by atoms with Crippen LogP contribution in [0.3, 0.4) is 0 Å². The smallest absolute Gasteiger partial charge is 0.144 e. The largest absolute Gasteiger partial charge is 0.457 e. The van der Waals surface area contributed by atoms with Gasteiger partial charge in [0.05, 0.1) is 11.3 Å². The van der Waals surface area contributed by atoms with Crippen LogP contribution in [-0.4, -0.2) is 4.98 Å². The zero-order chi connectivity index (χ0) is 19.4. The molecular weight excluding hydrogens is 340 g/mol. The third-order valence-corrected chi connectivity index (χ3v) is 3.83. The van der Waals surface area contributed by atoms with Crippen molar-refractivity contribution in [3.63, 3.8) is 0 Å². The summed E-state index contributed by atoms with van der Waals surface area (Å²) in [5, 5.41) is 28.0. The monoisotopic (exact) mass is 352 g/mol. The summed E-state index contributed by atoms with van der Waals surface area (Å²) in [6.45, 7) is 0. The molecule has 0 radical (unpaired) electrons. The Bertz CT molecular complexity index is 1170. The Labute approximate surface area is 155 Å². The lowest BCUT2D eigenvalue weighted by molar-refractivity contribution is 0.572. The van der Waals surface area contributed by atoms with Crippen LogP contribution in [-0.2, 0) is 0 Å². The quantitative estimate of drug-likeness (QED) is 0.686. The minimum Gasteiger partial charge on any atom is -0.457 e. The summed E-state index contributed by atoms with van der Waals surface area (Å²) in [4.78, 5) is 4.03. The Morgan fingerprint density at radius 2 is 1.67 bits per heavy atom. The van der Waals surface area contributed by atoms with E-state index in [2.05, 4.69) is 4.98 Å². The molecule has 0 bridgehead atoms. The van der Waals surface area contributed by atoms with Crippen molar-refractivity contribution in [1.29, 1.82) is 15.8 Å². The van der Waals surface area contributed by atoms with E-state index in [1.807, 2.05) is 48.5 Å².